The molecule has 0 amide bonds. The smallest absolute Gasteiger partial charge is 0.142 e. The van der Waals surface area contributed by atoms with E-state index in [9.17, 15) is 8.78 Å². The van der Waals surface area contributed by atoms with E-state index in [0.29, 0.717) is 17.9 Å². The van der Waals surface area contributed by atoms with Crippen LogP contribution in [0.1, 0.15) is 63.5 Å². The Morgan fingerprint density at radius 3 is 2.19 bits per heavy atom. The summed E-state index contributed by atoms with van der Waals surface area (Å²) >= 11 is 0. The summed E-state index contributed by atoms with van der Waals surface area (Å²) in [5.74, 6) is 5.90. The van der Waals surface area contributed by atoms with Gasteiger partial charge in [0.1, 0.15) is 11.6 Å². The molecule has 114 valence electrons. The van der Waals surface area contributed by atoms with Crippen LogP contribution < -0.4 is 0 Å². The van der Waals surface area contributed by atoms with Crippen LogP contribution in [0.3, 0.4) is 0 Å². The summed E-state index contributed by atoms with van der Waals surface area (Å²) in [6.07, 6.45) is 7.30. The molecule has 0 radical (unpaired) electrons. The van der Waals surface area contributed by atoms with E-state index >= 15 is 0 Å². The molecular formula is C19H24F2. The van der Waals surface area contributed by atoms with Gasteiger partial charge in [0.15, 0.2) is 0 Å². The number of hydrogen-bond donors (Lipinski definition) is 0. The van der Waals surface area contributed by atoms with Crippen molar-refractivity contribution in [2.24, 2.45) is 11.8 Å². The van der Waals surface area contributed by atoms with Gasteiger partial charge in [-0.05, 0) is 55.7 Å². The average Bonchev–Trinajstić information content (AvgIpc) is 2.47. The molecule has 1 fully saturated rings. The molecular weight excluding hydrogens is 266 g/mol. The summed E-state index contributed by atoms with van der Waals surface area (Å²) in [6.45, 7) is 4.22. The van der Waals surface area contributed by atoms with Crippen LogP contribution in [0, 0.1) is 35.3 Å². The molecule has 1 aromatic carbocycles. The molecule has 0 nitrogen and oxygen atoms in total. The van der Waals surface area contributed by atoms with Crippen molar-refractivity contribution >= 4 is 0 Å². The van der Waals surface area contributed by atoms with E-state index in [1.54, 1.807) is 0 Å². The number of aryl methyl sites for hydroxylation is 1. The van der Waals surface area contributed by atoms with Gasteiger partial charge in [-0.25, -0.2) is 8.78 Å². The van der Waals surface area contributed by atoms with Crippen molar-refractivity contribution in [3.05, 3.63) is 34.9 Å². The highest BCUT2D eigenvalue weighted by Gasteiger charge is 2.18. The van der Waals surface area contributed by atoms with Gasteiger partial charge in [0.25, 0.3) is 0 Å². The lowest BCUT2D eigenvalue weighted by Gasteiger charge is -2.24. The van der Waals surface area contributed by atoms with E-state index in [2.05, 4.69) is 18.8 Å². The molecule has 1 aromatic rings. The van der Waals surface area contributed by atoms with Crippen LogP contribution in [0.25, 0.3) is 0 Å². The van der Waals surface area contributed by atoms with Crippen molar-refractivity contribution in [3.8, 4) is 11.8 Å². The third-order valence-corrected chi connectivity index (χ3v) is 4.47. The number of benzene rings is 1. The summed E-state index contributed by atoms with van der Waals surface area (Å²) in [5, 5.41) is 0. The molecule has 2 rings (SSSR count). The van der Waals surface area contributed by atoms with E-state index in [-0.39, 0.29) is 5.56 Å². The summed E-state index contributed by atoms with van der Waals surface area (Å²) in [7, 11) is 0. The molecule has 2 heteroatoms. The molecule has 0 heterocycles. The summed E-state index contributed by atoms with van der Waals surface area (Å²) < 4.78 is 27.9. The van der Waals surface area contributed by atoms with Gasteiger partial charge < -0.3 is 0 Å². The quantitative estimate of drug-likeness (QED) is 0.646. The van der Waals surface area contributed by atoms with E-state index in [0.717, 1.165) is 25.2 Å². The zero-order valence-corrected chi connectivity index (χ0v) is 13.0. The first kappa shape index (κ1) is 16.0. The van der Waals surface area contributed by atoms with Crippen molar-refractivity contribution in [1.82, 2.24) is 0 Å². The Kier molecular flexibility index (Phi) is 5.79. The molecule has 1 saturated carbocycles. The van der Waals surface area contributed by atoms with Crippen LogP contribution in [-0.4, -0.2) is 0 Å². The zero-order chi connectivity index (χ0) is 15.2. The Hall–Kier alpha value is -1.36. The van der Waals surface area contributed by atoms with Crippen LogP contribution in [0.15, 0.2) is 12.1 Å². The molecule has 21 heavy (non-hydrogen) atoms. The lowest BCUT2D eigenvalue weighted by Crippen LogP contribution is -2.12. The van der Waals surface area contributed by atoms with Crippen molar-refractivity contribution in [2.45, 2.75) is 58.8 Å². The second-order valence-corrected chi connectivity index (χ2v) is 6.08. The van der Waals surface area contributed by atoms with Gasteiger partial charge >= 0.3 is 0 Å². The Balaban J connectivity index is 2.08. The van der Waals surface area contributed by atoms with Crippen LogP contribution in [-0.2, 0) is 6.42 Å². The Morgan fingerprint density at radius 2 is 1.67 bits per heavy atom. The minimum absolute atomic E-state index is 0.0625. The fraction of sp³-hybridized carbons (Fsp3) is 0.579. The minimum Gasteiger partial charge on any atom is -0.206 e. The van der Waals surface area contributed by atoms with E-state index in [4.69, 9.17) is 0 Å². The zero-order valence-electron chi connectivity index (χ0n) is 13.0. The van der Waals surface area contributed by atoms with E-state index in [1.165, 1.54) is 31.4 Å². The first-order valence-electron chi connectivity index (χ1n) is 8.13. The van der Waals surface area contributed by atoms with Crippen LogP contribution in [0.2, 0.25) is 0 Å². The number of hydrogen-bond acceptors (Lipinski definition) is 0. The third kappa shape index (κ3) is 4.30. The topological polar surface area (TPSA) is 0 Å². The lowest BCUT2D eigenvalue weighted by atomic mass is 9.81. The van der Waals surface area contributed by atoms with Gasteiger partial charge in [0.05, 0.1) is 5.56 Å². The Bertz CT molecular complexity index is 505. The average molecular weight is 290 g/mol. The number of halogens is 2. The van der Waals surface area contributed by atoms with Crippen molar-refractivity contribution in [2.75, 3.05) is 0 Å². The summed E-state index contributed by atoms with van der Waals surface area (Å²) in [5.41, 5.74) is 0.647. The van der Waals surface area contributed by atoms with E-state index in [1.807, 2.05) is 6.92 Å². The van der Waals surface area contributed by atoms with E-state index < -0.39 is 11.6 Å². The second kappa shape index (κ2) is 7.59. The standard InChI is InChI=1S/C19H24F2/c1-3-5-16-12-18(20)17(19(21)13-16)11-10-15-8-6-14(4-2)7-9-15/h12-15H,3-9H2,1-2H3/t14-,15-. The highest BCUT2D eigenvalue weighted by Crippen LogP contribution is 2.30. The maximum Gasteiger partial charge on any atom is 0.142 e. The molecule has 0 N–H and O–H groups in total. The highest BCUT2D eigenvalue weighted by molar-refractivity contribution is 5.39. The SMILES string of the molecule is CCCc1cc(F)c(C#C[C@H]2CC[C@H](CC)CC2)c(F)c1. The van der Waals surface area contributed by atoms with Crippen LogP contribution in [0.4, 0.5) is 8.78 Å². The molecule has 0 aliphatic heterocycles. The molecule has 0 spiro atoms. The maximum absolute atomic E-state index is 14.0. The minimum atomic E-state index is -0.520. The van der Waals surface area contributed by atoms with Crippen LogP contribution >= 0.6 is 0 Å². The van der Waals surface area contributed by atoms with Crippen LogP contribution in [0.5, 0.6) is 0 Å². The lowest BCUT2D eigenvalue weighted by molar-refractivity contribution is 0.309. The monoisotopic (exact) mass is 290 g/mol. The van der Waals surface area contributed by atoms with Gasteiger partial charge in [-0.15, -0.1) is 0 Å². The van der Waals surface area contributed by atoms with Gasteiger partial charge in [-0.2, -0.15) is 0 Å². The third-order valence-electron chi connectivity index (χ3n) is 4.47. The maximum atomic E-state index is 14.0. The molecule has 1 aliphatic rings. The molecule has 0 atom stereocenters. The van der Waals surface area contributed by atoms with Gasteiger partial charge in [0.2, 0.25) is 0 Å². The molecule has 1 aliphatic carbocycles. The van der Waals surface area contributed by atoms with Gasteiger partial charge in [-0.1, -0.05) is 38.5 Å². The fourth-order valence-corrected chi connectivity index (χ4v) is 3.07. The Labute approximate surface area is 127 Å². The molecule has 0 saturated heterocycles. The summed E-state index contributed by atoms with van der Waals surface area (Å²) in [4.78, 5) is 0. The largest absolute Gasteiger partial charge is 0.206 e. The first-order valence-corrected chi connectivity index (χ1v) is 8.13. The van der Waals surface area contributed by atoms with Gasteiger partial charge in [0, 0.05) is 5.92 Å². The Morgan fingerprint density at radius 1 is 1.05 bits per heavy atom. The molecule has 0 unspecified atom stereocenters. The first-order chi connectivity index (χ1) is 10.1. The normalized spacial score (nSPS) is 21.7. The van der Waals surface area contributed by atoms with Crippen molar-refractivity contribution < 1.29 is 8.78 Å². The predicted octanol–water partition coefficient (Wildman–Crippen LogP) is 5.49. The highest BCUT2D eigenvalue weighted by atomic mass is 19.1. The predicted molar refractivity (Wildman–Crippen MR) is 83.0 cm³/mol. The fourth-order valence-electron chi connectivity index (χ4n) is 3.07. The summed E-state index contributed by atoms with van der Waals surface area (Å²) in [6, 6.07) is 2.84. The molecule has 0 aromatic heterocycles. The van der Waals surface area contributed by atoms with Gasteiger partial charge in [-0.3, -0.25) is 0 Å². The molecule has 0 bridgehead atoms. The second-order valence-electron chi connectivity index (χ2n) is 6.08. The van der Waals surface area contributed by atoms with Crippen molar-refractivity contribution in [1.29, 1.82) is 0 Å². The number of rotatable bonds is 3. The van der Waals surface area contributed by atoms with Crippen molar-refractivity contribution in [3.63, 3.8) is 0 Å².